The molecule has 3 fully saturated rings. The van der Waals surface area contributed by atoms with E-state index in [1.54, 1.807) is 72.8 Å². The van der Waals surface area contributed by atoms with Crippen molar-refractivity contribution in [3.8, 4) is 17.2 Å². The highest BCUT2D eigenvalue weighted by Crippen LogP contribution is 2.65. The lowest BCUT2D eigenvalue weighted by Crippen LogP contribution is -2.53. The Morgan fingerprint density at radius 1 is 0.852 bits per heavy atom. The number of benzene rings is 4. The Hall–Kier alpha value is -4.36. The number of nitrogens with zero attached hydrogens (tertiary/aromatic N) is 2. The van der Waals surface area contributed by atoms with Gasteiger partial charge in [-0.1, -0.05) is 62.9 Å². The lowest BCUT2D eigenvalue weighted by Gasteiger charge is -2.50. The Morgan fingerprint density at radius 3 is 2.24 bits per heavy atom. The fourth-order valence-electron chi connectivity index (χ4n) is 8.98. The molecular formula is C40H31Br2Cl2N3O7. The van der Waals surface area contributed by atoms with Crippen molar-refractivity contribution >= 4 is 90.1 Å². The molecule has 4 aromatic rings. The summed E-state index contributed by atoms with van der Waals surface area (Å²) in [5, 5.41) is 12.5. The summed E-state index contributed by atoms with van der Waals surface area (Å²) < 4.78 is 12.2. The number of rotatable bonds is 7. The van der Waals surface area contributed by atoms with E-state index in [0.717, 1.165) is 15.1 Å². The van der Waals surface area contributed by atoms with E-state index >= 15 is 4.79 Å². The monoisotopic (exact) mass is 893 g/mol. The number of allylic oxidation sites excluding steroid dienone is 2. The Bertz CT molecular complexity index is 2290. The van der Waals surface area contributed by atoms with Gasteiger partial charge in [0.05, 0.1) is 58.3 Å². The van der Waals surface area contributed by atoms with Crippen molar-refractivity contribution in [1.82, 2.24) is 5.01 Å². The molecule has 2 saturated heterocycles. The number of nitrogens with one attached hydrogen (secondary N) is 1. The molecule has 0 bridgehead atoms. The van der Waals surface area contributed by atoms with Crippen LogP contribution in [0.4, 0.5) is 11.4 Å². The molecule has 2 aliphatic carbocycles. The zero-order chi connectivity index (χ0) is 38.2. The Morgan fingerprint density at radius 2 is 1.57 bits per heavy atom. The van der Waals surface area contributed by atoms with Gasteiger partial charge in [0.2, 0.25) is 11.8 Å². The number of hydrogen-bond acceptors (Lipinski definition) is 8. The van der Waals surface area contributed by atoms with Gasteiger partial charge in [-0.3, -0.25) is 29.5 Å². The van der Waals surface area contributed by atoms with Crippen LogP contribution in [0, 0.1) is 23.7 Å². The number of ether oxygens (including phenoxy) is 2. The Kier molecular flexibility index (Phi) is 9.31. The average Bonchev–Trinajstić information content (AvgIpc) is 3.54. The molecule has 2 N–H and O–H groups in total. The lowest BCUT2D eigenvalue weighted by molar-refractivity contribution is -0.138. The quantitative estimate of drug-likeness (QED) is 0.140. The summed E-state index contributed by atoms with van der Waals surface area (Å²) >= 11 is 19.6. The van der Waals surface area contributed by atoms with Gasteiger partial charge in [-0.25, -0.2) is 0 Å². The van der Waals surface area contributed by atoms with Gasteiger partial charge < -0.3 is 14.6 Å². The number of hydrazine groups is 1. The van der Waals surface area contributed by atoms with Gasteiger partial charge in [-0.2, -0.15) is 5.01 Å². The van der Waals surface area contributed by atoms with Gasteiger partial charge in [0.25, 0.3) is 11.8 Å². The molecule has 0 aromatic heterocycles. The summed E-state index contributed by atoms with van der Waals surface area (Å²) in [4.78, 5) is 60.3. The zero-order valence-electron chi connectivity index (χ0n) is 28.7. The number of anilines is 2. The molecule has 4 amide bonds. The third-order valence-electron chi connectivity index (χ3n) is 11.3. The number of halogens is 4. The number of phenols is 1. The number of carbonyl (C=O) groups excluding carboxylic acids is 4. The van der Waals surface area contributed by atoms with Crippen molar-refractivity contribution in [2.75, 3.05) is 24.5 Å². The van der Waals surface area contributed by atoms with Crippen molar-refractivity contribution < 1.29 is 33.8 Å². The first-order valence-electron chi connectivity index (χ1n) is 17.0. The predicted octanol–water partition coefficient (Wildman–Crippen LogP) is 8.43. The maximum Gasteiger partial charge on any atom is 0.260 e. The van der Waals surface area contributed by atoms with Crippen LogP contribution >= 0.6 is 55.1 Å². The van der Waals surface area contributed by atoms with Gasteiger partial charge in [0.15, 0.2) is 11.5 Å². The smallest absolute Gasteiger partial charge is 0.260 e. The van der Waals surface area contributed by atoms with E-state index in [1.807, 2.05) is 6.08 Å². The van der Waals surface area contributed by atoms with Crippen LogP contribution in [0.25, 0.3) is 0 Å². The zero-order valence-corrected chi connectivity index (χ0v) is 33.4. The standard InChI is InChI=1S/C40H31Br2Cl2N3O7/c1-53-24-10-3-20(4-11-24)40-28(37(50)47(39(40)52)45-31-14-7-22(43)17-30(31)44)18-27-25(34(40)19-15-29(42)35(48)32(16-19)54-2)12-13-26-33(27)38(51)46(36(26)49)23-8-5-21(41)6-9-23/h3-12,14-17,26-28,33-34,45,48H,13,18H2,1-2H3. The average molecular weight is 896 g/mol. The fourth-order valence-corrected chi connectivity index (χ4v) is 10.2. The molecule has 8 rings (SSSR count). The second-order valence-electron chi connectivity index (χ2n) is 13.8. The number of hydrogen-bond donors (Lipinski definition) is 2. The van der Waals surface area contributed by atoms with Gasteiger partial charge in [-0.15, -0.1) is 0 Å². The molecule has 2 heterocycles. The largest absolute Gasteiger partial charge is 0.503 e. The molecule has 14 heteroatoms. The minimum atomic E-state index is -1.58. The van der Waals surface area contributed by atoms with Crippen molar-refractivity contribution in [2.45, 2.75) is 24.2 Å². The number of imide groups is 2. The molecule has 2 aliphatic heterocycles. The molecule has 6 unspecified atom stereocenters. The maximum atomic E-state index is 15.5. The number of methoxy groups -OCH3 is 2. The van der Waals surface area contributed by atoms with Crippen LogP contribution in [-0.4, -0.2) is 48.0 Å². The fraction of sp³-hybridized carbons (Fsp3) is 0.250. The highest BCUT2D eigenvalue weighted by molar-refractivity contribution is 9.10. The highest BCUT2D eigenvalue weighted by atomic mass is 79.9. The van der Waals surface area contributed by atoms with Crippen LogP contribution in [0.15, 0.2) is 99.5 Å². The summed E-state index contributed by atoms with van der Waals surface area (Å²) in [5.41, 5.74) is 4.00. The lowest BCUT2D eigenvalue weighted by atomic mass is 9.49. The van der Waals surface area contributed by atoms with E-state index < -0.39 is 46.8 Å². The van der Waals surface area contributed by atoms with Crippen LogP contribution in [0.5, 0.6) is 17.2 Å². The summed E-state index contributed by atoms with van der Waals surface area (Å²) in [6.07, 6.45) is 2.30. The minimum absolute atomic E-state index is 0.0935. The predicted molar refractivity (Wildman–Crippen MR) is 210 cm³/mol. The van der Waals surface area contributed by atoms with E-state index in [0.29, 0.717) is 32.1 Å². The number of fused-ring (bicyclic) bond motifs is 4. The van der Waals surface area contributed by atoms with E-state index in [2.05, 4.69) is 37.3 Å². The van der Waals surface area contributed by atoms with Gasteiger partial charge in [-0.05, 0) is 113 Å². The van der Waals surface area contributed by atoms with E-state index in [1.165, 1.54) is 25.2 Å². The van der Waals surface area contributed by atoms with Gasteiger partial charge in [0.1, 0.15) is 5.75 Å². The SMILES string of the molecule is COc1ccc(C23C(=O)N(Nc4ccc(Cl)cc4Cl)C(=O)C2CC2C(=CCC4C(=O)N(c5ccc(Br)cc5)C(=O)C42)C3c2cc(Br)c(O)c(OC)c2)cc1. The van der Waals surface area contributed by atoms with Crippen molar-refractivity contribution in [3.05, 3.63) is 121 Å². The highest BCUT2D eigenvalue weighted by Gasteiger charge is 2.70. The molecule has 4 aliphatic rings. The number of phenolic OH excluding ortho intramolecular Hbond substituents is 1. The summed E-state index contributed by atoms with van der Waals surface area (Å²) in [7, 11) is 2.96. The van der Waals surface area contributed by atoms with Crippen molar-refractivity contribution in [2.24, 2.45) is 23.7 Å². The van der Waals surface area contributed by atoms with Crippen molar-refractivity contribution in [3.63, 3.8) is 0 Å². The first-order chi connectivity index (χ1) is 25.9. The first-order valence-corrected chi connectivity index (χ1v) is 19.4. The Labute approximate surface area is 337 Å². The second-order valence-corrected chi connectivity index (χ2v) is 16.4. The second kappa shape index (κ2) is 13.7. The Balaban J connectivity index is 1.35. The van der Waals surface area contributed by atoms with Crippen LogP contribution < -0.4 is 19.8 Å². The molecule has 54 heavy (non-hydrogen) atoms. The third kappa shape index (κ3) is 5.47. The molecule has 4 aromatic carbocycles. The maximum absolute atomic E-state index is 15.5. The van der Waals surface area contributed by atoms with Crippen LogP contribution in [0.3, 0.4) is 0 Å². The normalized spacial score (nSPS) is 26.0. The molecule has 10 nitrogen and oxygen atoms in total. The number of aromatic hydroxyl groups is 1. The number of carbonyl (C=O) groups is 4. The van der Waals surface area contributed by atoms with Gasteiger partial charge in [0, 0.05) is 15.4 Å². The van der Waals surface area contributed by atoms with Gasteiger partial charge >= 0.3 is 0 Å². The topological polar surface area (TPSA) is 125 Å². The van der Waals surface area contributed by atoms with Crippen LogP contribution in [0.2, 0.25) is 10.0 Å². The molecule has 0 radical (unpaired) electrons. The van der Waals surface area contributed by atoms with E-state index in [-0.39, 0.29) is 46.9 Å². The number of amides is 4. The molecule has 276 valence electrons. The molecular weight excluding hydrogens is 865 g/mol. The van der Waals surface area contributed by atoms with Crippen molar-refractivity contribution in [1.29, 1.82) is 0 Å². The third-order valence-corrected chi connectivity index (χ3v) is 13.0. The first kappa shape index (κ1) is 36.6. The molecule has 6 atom stereocenters. The minimum Gasteiger partial charge on any atom is -0.503 e. The molecule has 0 spiro atoms. The van der Waals surface area contributed by atoms with E-state index in [9.17, 15) is 19.5 Å². The summed E-state index contributed by atoms with van der Waals surface area (Å²) in [6.45, 7) is 0. The summed E-state index contributed by atoms with van der Waals surface area (Å²) in [6, 6.07) is 22.1. The molecule has 1 saturated carbocycles. The van der Waals surface area contributed by atoms with Crippen LogP contribution in [-0.2, 0) is 24.6 Å². The van der Waals surface area contributed by atoms with E-state index in [4.69, 9.17) is 32.7 Å². The summed E-state index contributed by atoms with van der Waals surface area (Å²) in [5.74, 6) is -5.14. The van der Waals surface area contributed by atoms with Crippen LogP contribution in [0.1, 0.15) is 29.9 Å².